The summed E-state index contributed by atoms with van der Waals surface area (Å²) >= 11 is 0. The van der Waals surface area contributed by atoms with Crippen molar-refractivity contribution in [2.45, 2.75) is 0 Å². The summed E-state index contributed by atoms with van der Waals surface area (Å²) in [4.78, 5) is 14.7. The molecule has 0 saturated heterocycles. The lowest BCUT2D eigenvalue weighted by atomic mass is 10.0. The number of aromatic nitrogens is 3. The molecule has 0 radical (unpaired) electrons. The SMILES string of the molecule is [2H]c1c([2H])c([2H])c(-c2cccc3c2oc2c(-c4nc(-c5ccccc5)nc(-c5ccc(-c6ccccc6)cc5)n4)cccc23)c([2H])c1[2H]. The number of furan rings is 1. The first-order valence-corrected chi connectivity index (χ1v) is 13.9. The minimum absolute atomic E-state index is 0.0833. The zero-order valence-electron chi connectivity index (χ0n) is 27.8. The van der Waals surface area contributed by atoms with E-state index in [1.54, 1.807) is 12.1 Å². The summed E-state index contributed by atoms with van der Waals surface area (Å²) in [6, 6.07) is 37.3. The molecular weight excluding hydrogens is 526 g/mol. The van der Waals surface area contributed by atoms with Crippen LogP contribution in [0.2, 0.25) is 0 Å². The zero-order chi connectivity index (χ0) is 32.9. The molecule has 0 fully saturated rings. The Morgan fingerprint density at radius 3 is 1.53 bits per heavy atom. The highest BCUT2D eigenvalue weighted by Crippen LogP contribution is 2.39. The molecule has 43 heavy (non-hydrogen) atoms. The maximum absolute atomic E-state index is 8.59. The topological polar surface area (TPSA) is 51.8 Å². The summed E-state index contributed by atoms with van der Waals surface area (Å²) in [5.74, 6) is 1.43. The van der Waals surface area contributed by atoms with Gasteiger partial charge in [-0.1, -0.05) is 145 Å². The zero-order valence-corrected chi connectivity index (χ0v) is 22.8. The van der Waals surface area contributed by atoms with Gasteiger partial charge in [-0.25, -0.2) is 15.0 Å². The fourth-order valence-electron chi connectivity index (χ4n) is 5.36. The first-order chi connectivity index (χ1) is 23.4. The molecule has 0 unspecified atom stereocenters. The molecular formula is C39H25N3O. The Kier molecular flexibility index (Phi) is 4.91. The first kappa shape index (κ1) is 20.1. The van der Waals surface area contributed by atoms with Gasteiger partial charge in [0.1, 0.15) is 11.2 Å². The number of rotatable bonds is 5. The van der Waals surface area contributed by atoms with Gasteiger partial charge in [-0.15, -0.1) is 0 Å². The standard InChI is InChI=1S/C39H25N3O/c1-4-12-26(13-5-1)27-22-24-30(25-23-27)38-40-37(29-16-8-3-9-17-29)41-39(42-38)34-21-11-20-33-32-19-10-18-31(35(32)43-36(33)34)28-14-6-2-7-15-28/h1-25H/i2D,6D,7D,14D,15D. The number of nitrogens with zero attached hydrogens (tertiary/aromatic N) is 3. The van der Waals surface area contributed by atoms with Crippen molar-refractivity contribution in [1.82, 2.24) is 15.0 Å². The van der Waals surface area contributed by atoms with Gasteiger partial charge in [0.05, 0.1) is 12.4 Å². The summed E-state index contributed by atoms with van der Waals surface area (Å²) < 4.78 is 48.2. The molecule has 0 amide bonds. The molecule has 2 heterocycles. The Bertz CT molecular complexity index is 2470. The quantitative estimate of drug-likeness (QED) is 0.212. The number of hydrogen-bond donors (Lipinski definition) is 0. The van der Waals surface area contributed by atoms with Crippen molar-refractivity contribution in [3.63, 3.8) is 0 Å². The van der Waals surface area contributed by atoms with E-state index in [1.165, 1.54) is 0 Å². The van der Waals surface area contributed by atoms with Crippen LogP contribution in [0.25, 0.3) is 78.4 Å². The average Bonchev–Trinajstić information content (AvgIpc) is 3.54. The molecule has 6 aromatic carbocycles. The third-order valence-electron chi connectivity index (χ3n) is 7.45. The third kappa shape index (κ3) is 4.55. The van der Waals surface area contributed by atoms with E-state index in [2.05, 4.69) is 24.3 Å². The Labute approximate surface area is 256 Å². The van der Waals surface area contributed by atoms with Crippen LogP contribution in [0.15, 0.2) is 156 Å². The minimum Gasteiger partial charge on any atom is -0.455 e. The summed E-state index contributed by atoms with van der Waals surface area (Å²) in [5.41, 5.74) is 5.92. The van der Waals surface area contributed by atoms with Gasteiger partial charge in [0.25, 0.3) is 0 Å². The molecule has 4 heteroatoms. The van der Waals surface area contributed by atoms with E-state index in [1.807, 2.05) is 84.9 Å². The summed E-state index contributed by atoms with van der Waals surface area (Å²) in [6.07, 6.45) is 0. The number of para-hydroxylation sites is 2. The van der Waals surface area contributed by atoms with E-state index >= 15 is 0 Å². The van der Waals surface area contributed by atoms with Gasteiger partial charge in [0.15, 0.2) is 17.5 Å². The van der Waals surface area contributed by atoms with Crippen LogP contribution in [-0.2, 0) is 0 Å². The van der Waals surface area contributed by atoms with E-state index in [0.717, 1.165) is 33.0 Å². The van der Waals surface area contributed by atoms with E-state index in [0.29, 0.717) is 39.8 Å². The molecule has 0 aliphatic carbocycles. The van der Waals surface area contributed by atoms with Gasteiger partial charge in [0, 0.05) is 27.5 Å². The Balaban J connectivity index is 1.33. The van der Waals surface area contributed by atoms with Crippen LogP contribution >= 0.6 is 0 Å². The molecule has 8 aromatic rings. The number of hydrogen-bond acceptors (Lipinski definition) is 4. The van der Waals surface area contributed by atoms with Crippen LogP contribution in [0.1, 0.15) is 6.85 Å². The van der Waals surface area contributed by atoms with Crippen molar-refractivity contribution >= 4 is 21.9 Å². The molecule has 4 nitrogen and oxygen atoms in total. The van der Waals surface area contributed by atoms with Crippen LogP contribution in [0.4, 0.5) is 0 Å². The lowest BCUT2D eigenvalue weighted by Crippen LogP contribution is -2.00. The molecule has 8 rings (SSSR count). The van der Waals surface area contributed by atoms with Gasteiger partial charge in [-0.05, 0) is 22.8 Å². The van der Waals surface area contributed by atoms with Gasteiger partial charge >= 0.3 is 0 Å². The van der Waals surface area contributed by atoms with Crippen molar-refractivity contribution in [3.05, 3.63) is 152 Å². The van der Waals surface area contributed by atoms with Crippen molar-refractivity contribution in [2.24, 2.45) is 0 Å². The van der Waals surface area contributed by atoms with Crippen molar-refractivity contribution < 1.29 is 11.3 Å². The van der Waals surface area contributed by atoms with Crippen LogP contribution in [0, 0.1) is 0 Å². The van der Waals surface area contributed by atoms with E-state index in [-0.39, 0.29) is 17.6 Å². The lowest BCUT2D eigenvalue weighted by Gasteiger charge is -2.09. The van der Waals surface area contributed by atoms with E-state index in [9.17, 15) is 0 Å². The highest BCUT2D eigenvalue weighted by molar-refractivity contribution is 6.12. The van der Waals surface area contributed by atoms with Gasteiger partial charge in [0.2, 0.25) is 0 Å². The smallest absolute Gasteiger partial charge is 0.167 e. The van der Waals surface area contributed by atoms with Gasteiger partial charge in [-0.3, -0.25) is 0 Å². The first-order valence-electron chi connectivity index (χ1n) is 16.4. The average molecular weight is 557 g/mol. The second kappa shape index (κ2) is 10.5. The molecule has 0 saturated carbocycles. The highest BCUT2D eigenvalue weighted by atomic mass is 16.3. The largest absolute Gasteiger partial charge is 0.455 e. The molecule has 0 spiro atoms. The summed E-state index contributed by atoms with van der Waals surface area (Å²) in [5, 5.41) is 1.53. The van der Waals surface area contributed by atoms with E-state index in [4.69, 9.17) is 26.2 Å². The van der Waals surface area contributed by atoms with Crippen LogP contribution < -0.4 is 0 Å². The summed E-state index contributed by atoms with van der Waals surface area (Å²) in [7, 11) is 0. The molecule has 0 bridgehead atoms. The third-order valence-corrected chi connectivity index (χ3v) is 7.45. The summed E-state index contributed by atoms with van der Waals surface area (Å²) in [6.45, 7) is 0. The molecule has 202 valence electrons. The second-order valence-electron chi connectivity index (χ2n) is 10.1. The Hall–Kier alpha value is -5.87. The minimum atomic E-state index is -0.442. The monoisotopic (exact) mass is 556 g/mol. The van der Waals surface area contributed by atoms with Crippen molar-refractivity contribution in [3.8, 4) is 56.4 Å². The predicted octanol–water partition coefficient (Wildman–Crippen LogP) is 10.1. The molecule has 0 aliphatic rings. The molecule has 2 aromatic heterocycles. The fraction of sp³-hybridized carbons (Fsp3) is 0. The number of benzene rings is 6. The Morgan fingerprint density at radius 2 is 0.884 bits per heavy atom. The van der Waals surface area contributed by atoms with Crippen LogP contribution in [0.5, 0.6) is 0 Å². The van der Waals surface area contributed by atoms with Crippen molar-refractivity contribution in [2.75, 3.05) is 0 Å². The number of fused-ring (bicyclic) bond motifs is 3. The lowest BCUT2D eigenvalue weighted by molar-refractivity contribution is 0.670. The fourth-order valence-corrected chi connectivity index (χ4v) is 5.36. The van der Waals surface area contributed by atoms with E-state index < -0.39 is 18.1 Å². The van der Waals surface area contributed by atoms with Crippen LogP contribution in [0.3, 0.4) is 0 Å². The Morgan fingerprint density at radius 1 is 0.395 bits per heavy atom. The normalized spacial score (nSPS) is 12.9. The van der Waals surface area contributed by atoms with Gasteiger partial charge in [-0.2, -0.15) is 0 Å². The van der Waals surface area contributed by atoms with Crippen molar-refractivity contribution in [1.29, 1.82) is 0 Å². The van der Waals surface area contributed by atoms with Gasteiger partial charge < -0.3 is 4.42 Å². The second-order valence-corrected chi connectivity index (χ2v) is 10.1. The predicted molar refractivity (Wildman–Crippen MR) is 174 cm³/mol. The molecule has 0 atom stereocenters. The van der Waals surface area contributed by atoms with Crippen LogP contribution in [-0.4, -0.2) is 15.0 Å². The maximum atomic E-state index is 8.59. The highest BCUT2D eigenvalue weighted by Gasteiger charge is 2.19. The molecule has 0 aliphatic heterocycles. The maximum Gasteiger partial charge on any atom is 0.167 e. The molecule has 0 N–H and O–H groups in total.